The Hall–Kier alpha value is -2.76. The van der Waals surface area contributed by atoms with Gasteiger partial charge in [-0.1, -0.05) is 11.6 Å². The number of carbonyl (C=O) groups is 1. The van der Waals surface area contributed by atoms with Gasteiger partial charge in [-0.05, 0) is 36.4 Å². The van der Waals surface area contributed by atoms with E-state index in [4.69, 9.17) is 26.4 Å². The summed E-state index contributed by atoms with van der Waals surface area (Å²) < 4.78 is 5.43. The van der Waals surface area contributed by atoms with Crippen LogP contribution in [0, 0.1) is 0 Å². The molecule has 2 heterocycles. The number of piperazine rings is 1. The first-order valence-corrected chi connectivity index (χ1v) is 11.0. The van der Waals surface area contributed by atoms with Crippen molar-refractivity contribution in [3.05, 3.63) is 47.0 Å². The SMILES string of the molecule is CON(O)c1ccc(N2CCN(C(=O)c3cc(OO)ccc3N3CCOCC3)CC2)c(Cl)c1. The highest BCUT2D eigenvalue weighted by Gasteiger charge is 2.27. The maximum absolute atomic E-state index is 13.4. The van der Waals surface area contributed by atoms with Crippen LogP contribution in [0.1, 0.15) is 10.4 Å². The third-order valence-electron chi connectivity index (χ3n) is 5.89. The van der Waals surface area contributed by atoms with Crippen LogP contribution in [0.4, 0.5) is 17.1 Å². The lowest BCUT2D eigenvalue weighted by molar-refractivity contribution is -0.137. The first-order valence-electron chi connectivity index (χ1n) is 10.7. The molecule has 0 saturated carbocycles. The third kappa shape index (κ3) is 5.10. The fourth-order valence-corrected chi connectivity index (χ4v) is 4.42. The minimum Gasteiger partial charge on any atom is -0.378 e. The monoisotopic (exact) mass is 478 g/mol. The van der Waals surface area contributed by atoms with Crippen LogP contribution in [0.3, 0.4) is 0 Å². The van der Waals surface area contributed by atoms with Crippen LogP contribution in [0.25, 0.3) is 0 Å². The van der Waals surface area contributed by atoms with Gasteiger partial charge in [-0.2, -0.15) is 0 Å². The van der Waals surface area contributed by atoms with E-state index < -0.39 is 0 Å². The molecule has 2 saturated heterocycles. The Morgan fingerprint density at radius 3 is 2.30 bits per heavy atom. The first kappa shape index (κ1) is 23.4. The topological polar surface area (TPSA) is 98.2 Å². The summed E-state index contributed by atoms with van der Waals surface area (Å²) in [5.74, 6) is 0.0994. The van der Waals surface area contributed by atoms with Crippen molar-refractivity contribution in [2.24, 2.45) is 0 Å². The molecule has 0 radical (unpaired) electrons. The number of benzene rings is 2. The fourth-order valence-electron chi connectivity index (χ4n) is 4.12. The van der Waals surface area contributed by atoms with Crippen LogP contribution >= 0.6 is 11.6 Å². The predicted molar refractivity (Wildman–Crippen MR) is 124 cm³/mol. The van der Waals surface area contributed by atoms with E-state index in [0.717, 1.165) is 11.4 Å². The molecule has 0 aliphatic carbocycles. The van der Waals surface area contributed by atoms with Gasteiger partial charge in [0.05, 0.1) is 42.3 Å². The summed E-state index contributed by atoms with van der Waals surface area (Å²) in [6, 6.07) is 10.2. The minimum atomic E-state index is -0.118. The zero-order chi connectivity index (χ0) is 23.4. The van der Waals surface area contributed by atoms with Crippen molar-refractivity contribution >= 4 is 34.6 Å². The Labute approximate surface area is 196 Å². The maximum Gasteiger partial charge on any atom is 0.256 e. The molecule has 2 aliphatic rings. The molecule has 10 nitrogen and oxygen atoms in total. The number of morpholine rings is 1. The lowest BCUT2D eigenvalue weighted by Crippen LogP contribution is -2.49. The molecule has 2 aromatic rings. The molecule has 2 N–H and O–H groups in total. The number of ether oxygens (including phenoxy) is 1. The van der Waals surface area contributed by atoms with Crippen LogP contribution in [0.2, 0.25) is 5.02 Å². The molecule has 4 rings (SSSR count). The van der Waals surface area contributed by atoms with Crippen molar-refractivity contribution in [3.63, 3.8) is 0 Å². The largest absolute Gasteiger partial charge is 0.378 e. The summed E-state index contributed by atoms with van der Waals surface area (Å²) in [4.78, 5) is 28.6. The molecule has 2 fully saturated rings. The second-order valence-electron chi connectivity index (χ2n) is 7.74. The highest BCUT2D eigenvalue weighted by atomic mass is 35.5. The van der Waals surface area contributed by atoms with Gasteiger partial charge in [0.1, 0.15) is 0 Å². The van der Waals surface area contributed by atoms with Gasteiger partial charge in [0.15, 0.2) is 5.75 Å². The summed E-state index contributed by atoms with van der Waals surface area (Å²) in [6.45, 7) is 4.79. The zero-order valence-corrected chi connectivity index (χ0v) is 19.1. The van der Waals surface area contributed by atoms with E-state index in [2.05, 4.69) is 14.7 Å². The Balaban J connectivity index is 1.47. The van der Waals surface area contributed by atoms with Crippen LogP contribution in [0.15, 0.2) is 36.4 Å². The molecule has 0 aromatic heterocycles. The second kappa shape index (κ2) is 10.4. The van der Waals surface area contributed by atoms with E-state index in [1.165, 1.54) is 7.11 Å². The Morgan fingerprint density at radius 2 is 1.67 bits per heavy atom. The van der Waals surface area contributed by atoms with Gasteiger partial charge in [-0.3, -0.25) is 14.8 Å². The van der Waals surface area contributed by atoms with Crippen molar-refractivity contribution in [2.45, 2.75) is 0 Å². The number of carbonyl (C=O) groups excluding carboxylic acids is 1. The van der Waals surface area contributed by atoms with Crippen molar-refractivity contribution in [2.75, 3.05) is 74.6 Å². The molecular formula is C22H27ClN4O6. The van der Waals surface area contributed by atoms with Gasteiger partial charge in [-0.15, -0.1) is 5.23 Å². The number of hydrogen-bond donors (Lipinski definition) is 2. The standard InChI is InChI=1S/C22H27ClN4O6/c1-31-27(29)16-2-4-21(19(23)14-16)24-6-8-26(9-7-24)22(28)18-15-17(33-30)3-5-20(18)25-10-12-32-13-11-25/h2-5,14-15,29-30H,6-13H2,1H3. The van der Waals surface area contributed by atoms with Gasteiger partial charge in [0, 0.05) is 45.0 Å². The molecule has 2 aliphatic heterocycles. The van der Waals surface area contributed by atoms with E-state index >= 15 is 0 Å². The van der Waals surface area contributed by atoms with Crippen molar-refractivity contribution < 1.29 is 29.7 Å². The molecule has 178 valence electrons. The number of halogens is 1. The highest BCUT2D eigenvalue weighted by Crippen LogP contribution is 2.32. The van der Waals surface area contributed by atoms with Crippen LogP contribution in [-0.4, -0.2) is 80.9 Å². The van der Waals surface area contributed by atoms with E-state index in [-0.39, 0.29) is 11.7 Å². The molecular weight excluding hydrogens is 452 g/mol. The van der Waals surface area contributed by atoms with Crippen molar-refractivity contribution in [1.29, 1.82) is 0 Å². The first-order chi connectivity index (χ1) is 16.0. The highest BCUT2D eigenvalue weighted by molar-refractivity contribution is 6.33. The van der Waals surface area contributed by atoms with E-state index in [1.54, 1.807) is 35.2 Å². The summed E-state index contributed by atoms with van der Waals surface area (Å²) in [5, 5.41) is 19.9. The number of amides is 1. The quantitative estimate of drug-likeness (QED) is 0.479. The second-order valence-corrected chi connectivity index (χ2v) is 8.15. The van der Waals surface area contributed by atoms with Gasteiger partial charge >= 0.3 is 0 Å². The summed E-state index contributed by atoms with van der Waals surface area (Å²) >= 11 is 6.43. The van der Waals surface area contributed by atoms with Gasteiger partial charge in [-0.25, -0.2) is 5.26 Å². The van der Waals surface area contributed by atoms with Crippen LogP contribution < -0.4 is 19.9 Å². The number of anilines is 3. The van der Waals surface area contributed by atoms with Crippen LogP contribution in [0.5, 0.6) is 5.75 Å². The predicted octanol–water partition coefficient (Wildman–Crippen LogP) is 2.75. The smallest absolute Gasteiger partial charge is 0.256 e. The third-order valence-corrected chi connectivity index (χ3v) is 6.19. The lowest BCUT2D eigenvalue weighted by Gasteiger charge is -2.37. The average molecular weight is 479 g/mol. The lowest BCUT2D eigenvalue weighted by atomic mass is 10.1. The number of rotatable bonds is 6. The van der Waals surface area contributed by atoms with E-state index in [0.29, 0.717) is 74.0 Å². The van der Waals surface area contributed by atoms with Gasteiger partial charge in [0.25, 0.3) is 5.91 Å². The van der Waals surface area contributed by atoms with Gasteiger partial charge in [0.2, 0.25) is 0 Å². The number of hydrogen-bond acceptors (Lipinski definition) is 9. The molecule has 0 bridgehead atoms. The van der Waals surface area contributed by atoms with Gasteiger partial charge < -0.3 is 24.3 Å². The molecule has 11 heteroatoms. The Kier molecular flexibility index (Phi) is 7.41. The zero-order valence-electron chi connectivity index (χ0n) is 18.3. The Morgan fingerprint density at radius 1 is 1.00 bits per heavy atom. The summed E-state index contributed by atoms with van der Waals surface area (Å²) in [6.07, 6.45) is 0. The summed E-state index contributed by atoms with van der Waals surface area (Å²) in [5.41, 5.74) is 2.53. The molecule has 2 aromatic carbocycles. The molecule has 0 unspecified atom stereocenters. The van der Waals surface area contributed by atoms with E-state index in [1.807, 2.05) is 6.07 Å². The maximum atomic E-state index is 13.4. The molecule has 33 heavy (non-hydrogen) atoms. The van der Waals surface area contributed by atoms with E-state index in [9.17, 15) is 10.0 Å². The summed E-state index contributed by atoms with van der Waals surface area (Å²) in [7, 11) is 1.35. The molecule has 1 amide bonds. The number of nitrogens with zero attached hydrogens (tertiary/aromatic N) is 4. The van der Waals surface area contributed by atoms with Crippen molar-refractivity contribution in [3.8, 4) is 5.75 Å². The molecule has 0 atom stereocenters. The fraction of sp³-hybridized carbons (Fsp3) is 0.409. The Bertz CT molecular complexity index is 979. The van der Waals surface area contributed by atoms with Crippen molar-refractivity contribution in [1.82, 2.24) is 4.90 Å². The molecule has 0 spiro atoms. The normalized spacial score (nSPS) is 16.7. The average Bonchev–Trinajstić information content (AvgIpc) is 2.88. The minimum absolute atomic E-state index is 0.118. The van der Waals surface area contributed by atoms with Crippen LogP contribution in [-0.2, 0) is 9.57 Å².